The summed E-state index contributed by atoms with van der Waals surface area (Å²) >= 11 is 0. The summed E-state index contributed by atoms with van der Waals surface area (Å²) in [7, 11) is -3.69. The smallest absolute Gasteiger partial charge is 0.253 e. The van der Waals surface area contributed by atoms with E-state index < -0.39 is 10.0 Å². The van der Waals surface area contributed by atoms with Crippen LogP contribution in [0.1, 0.15) is 27.9 Å². The number of fused-ring (bicyclic) bond motifs is 1. The lowest BCUT2D eigenvalue weighted by Gasteiger charge is -2.23. The van der Waals surface area contributed by atoms with Crippen molar-refractivity contribution in [2.75, 3.05) is 26.2 Å². The van der Waals surface area contributed by atoms with Crippen molar-refractivity contribution in [3.8, 4) is 0 Å². The fourth-order valence-electron chi connectivity index (χ4n) is 3.95. The Bertz CT molecular complexity index is 1210. The van der Waals surface area contributed by atoms with Crippen LogP contribution in [0.3, 0.4) is 0 Å². The standard InChI is InChI=1S/C23H25N3O3S/c1-17-6-3-7-19(16-17)23(27)25-12-5-13-26(15-14-25)30(28,29)21-10-9-18(2)22-20(21)8-4-11-24-22/h3-4,6-11,16H,5,12-15H2,1-2H3. The van der Waals surface area contributed by atoms with Gasteiger partial charge in [0.05, 0.1) is 10.4 Å². The van der Waals surface area contributed by atoms with Gasteiger partial charge in [-0.1, -0.05) is 23.8 Å². The third kappa shape index (κ3) is 3.82. The normalized spacial score (nSPS) is 15.9. The van der Waals surface area contributed by atoms with Crippen molar-refractivity contribution < 1.29 is 13.2 Å². The minimum absolute atomic E-state index is 0.0528. The first-order valence-corrected chi connectivity index (χ1v) is 11.5. The molecule has 1 aromatic heterocycles. The highest BCUT2D eigenvalue weighted by Crippen LogP contribution is 2.27. The number of nitrogens with zero attached hydrogens (tertiary/aromatic N) is 3. The Morgan fingerprint density at radius 3 is 2.60 bits per heavy atom. The van der Waals surface area contributed by atoms with E-state index in [9.17, 15) is 13.2 Å². The van der Waals surface area contributed by atoms with E-state index in [2.05, 4.69) is 4.98 Å². The van der Waals surface area contributed by atoms with Gasteiger partial charge in [0, 0.05) is 43.3 Å². The number of amides is 1. The van der Waals surface area contributed by atoms with Gasteiger partial charge in [0.25, 0.3) is 5.91 Å². The maximum absolute atomic E-state index is 13.5. The highest BCUT2D eigenvalue weighted by Gasteiger charge is 2.30. The van der Waals surface area contributed by atoms with Crippen LogP contribution >= 0.6 is 0 Å². The summed E-state index contributed by atoms with van der Waals surface area (Å²) in [5.74, 6) is -0.0528. The fourth-order valence-corrected chi connectivity index (χ4v) is 5.60. The monoisotopic (exact) mass is 423 g/mol. The lowest BCUT2D eigenvalue weighted by Crippen LogP contribution is -2.37. The van der Waals surface area contributed by atoms with Crippen LogP contribution in [0.5, 0.6) is 0 Å². The molecule has 2 heterocycles. The van der Waals surface area contributed by atoms with E-state index in [-0.39, 0.29) is 17.3 Å². The van der Waals surface area contributed by atoms with E-state index in [1.807, 2.05) is 32.0 Å². The molecule has 1 saturated heterocycles. The SMILES string of the molecule is Cc1cccc(C(=O)N2CCCN(S(=O)(=O)c3ccc(C)c4ncccc34)CC2)c1. The predicted octanol–water partition coefficient (Wildman–Crippen LogP) is 3.39. The van der Waals surface area contributed by atoms with Crippen LogP contribution in [0, 0.1) is 13.8 Å². The van der Waals surface area contributed by atoms with Crippen LogP contribution in [-0.2, 0) is 10.0 Å². The van der Waals surface area contributed by atoms with Crippen molar-refractivity contribution in [3.63, 3.8) is 0 Å². The molecule has 3 aromatic rings. The number of sulfonamides is 1. The van der Waals surface area contributed by atoms with E-state index >= 15 is 0 Å². The molecule has 7 heteroatoms. The van der Waals surface area contributed by atoms with Gasteiger partial charge in [-0.25, -0.2) is 8.42 Å². The summed E-state index contributed by atoms with van der Waals surface area (Å²) in [6, 6.07) is 14.5. The van der Waals surface area contributed by atoms with E-state index in [1.165, 1.54) is 4.31 Å². The lowest BCUT2D eigenvalue weighted by molar-refractivity contribution is 0.0764. The number of rotatable bonds is 3. The van der Waals surface area contributed by atoms with Crippen LogP contribution in [0.25, 0.3) is 10.9 Å². The number of hydrogen-bond acceptors (Lipinski definition) is 4. The summed E-state index contributed by atoms with van der Waals surface area (Å²) < 4.78 is 28.4. The average Bonchev–Trinajstić information content (AvgIpc) is 3.00. The summed E-state index contributed by atoms with van der Waals surface area (Å²) in [6.07, 6.45) is 2.27. The Kier molecular flexibility index (Phi) is 5.58. The molecule has 6 nitrogen and oxygen atoms in total. The highest BCUT2D eigenvalue weighted by atomic mass is 32.2. The molecule has 1 fully saturated rings. The van der Waals surface area contributed by atoms with E-state index in [0.29, 0.717) is 42.5 Å². The molecule has 0 spiro atoms. The zero-order valence-corrected chi connectivity index (χ0v) is 18.0. The van der Waals surface area contributed by atoms with Gasteiger partial charge >= 0.3 is 0 Å². The number of carbonyl (C=O) groups excluding carboxylic acids is 1. The molecule has 156 valence electrons. The molecule has 0 bridgehead atoms. The Balaban J connectivity index is 1.59. The van der Waals surface area contributed by atoms with Gasteiger partial charge in [-0.3, -0.25) is 9.78 Å². The minimum Gasteiger partial charge on any atom is -0.337 e. The Morgan fingerprint density at radius 1 is 0.967 bits per heavy atom. The summed E-state index contributed by atoms with van der Waals surface area (Å²) in [5, 5.41) is 0.634. The van der Waals surface area contributed by atoms with Gasteiger partial charge in [-0.2, -0.15) is 4.31 Å². The number of carbonyl (C=O) groups is 1. The van der Waals surface area contributed by atoms with Crippen LogP contribution in [0.2, 0.25) is 0 Å². The van der Waals surface area contributed by atoms with Crippen molar-refractivity contribution in [2.24, 2.45) is 0 Å². The maximum Gasteiger partial charge on any atom is 0.253 e. The second kappa shape index (κ2) is 8.16. The Morgan fingerprint density at radius 2 is 1.80 bits per heavy atom. The Hall–Kier alpha value is -2.77. The van der Waals surface area contributed by atoms with Gasteiger partial charge in [-0.15, -0.1) is 0 Å². The zero-order valence-electron chi connectivity index (χ0n) is 17.2. The van der Waals surface area contributed by atoms with E-state index in [4.69, 9.17) is 0 Å². The molecule has 0 aliphatic carbocycles. The number of aromatic nitrogens is 1. The molecule has 0 N–H and O–H groups in total. The molecule has 1 aliphatic heterocycles. The topological polar surface area (TPSA) is 70.6 Å². The Labute approximate surface area is 177 Å². The zero-order chi connectivity index (χ0) is 21.3. The van der Waals surface area contributed by atoms with Gasteiger partial charge < -0.3 is 4.90 Å². The second-order valence-corrected chi connectivity index (χ2v) is 9.61. The molecule has 0 atom stereocenters. The fraction of sp³-hybridized carbons (Fsp3) is 0.304. The van der Waals surface area contributed by atoms with Gasteiger partial charge in [0.15, 0.2) is 0 Å². The van der Waals surface area contributed by atoms with Crippen molar-refractivity contribution in [1.29, 1.82) is 0 Å². The average molecular weight is 424 g/mol. The van der Waals surface area contributed by atoms with Crippen LogP contribution in [0.4, 0.5) is 0 Å². The van der Waals surface area contributed by atoms with Crippen molar-refractivity contribution in [2.45, 2.75) is 25.2 Å². The van der Waals surface area contributed by atoms with Gasteiger partial charge in [0.2, 0.25) is 10.0 Å². The van der Waals surface area contributed by atoms with Crippen LogP contribution in [0.15, 0.2) is 59.6 Å². The van der Waals surface area contributed by atoms with Gasteiger partial charge in [0.1, 0.15) is 0 Å². The molecule has 4 rings (SSSR count). The third-order valence-electron chi connectivity index (χ3n) is 5.56. The second-order valence-electron chi connectivity index (χ2n) is 7.70. The molecule has 0 radical (unpaired) electrons. The van der Waals surface area contributed by atoms with Gasteiger partial charge in [-0.05, 0) is 56.2 Å². The van der Waals surface area contributed by atoms with E-state index in [1.54, 1.807) is 41.4 Å². The molecule has 0 unspecified atom stereocenters. The molecule has 2 aromatic carbocycles. The first-order chi connectivity index (χ1) is 14.4. The molecule has 30 heavy (non-hydrogen) atoms. The van der Waals surface area contributed by atoms with Crippen molar-refractivity contribution >= 4 is 26.8 Å². The van der Waals surface area contributed by atoms with E-state index in [0.717, 1.165) is 11.1 Å². The number of hydrogen-bond donors (Lipinski definition) is 0. The third-order valence-corrected chi connectivity index (χ3v) is 7.51. The van der Waals surface area contributed by atoms with Crippen LogP contribution in [-0.4, -0.2) is 54.7 Å². The number of pyridine rings is 1. The first kappa shape index (κ1) is 20.5. The maximum atomic E-state index is 13.5. The van der Waals surface area contributed by atoms with Crippen LogP contribution < -0.4 is 0 Å². The molecule has 1 aliphatic rings. The summed E-state index contributed by atoms with van der Waals surface area (Å²) in [6.45, 7) is 5.44. The highest BCUT2D eigenvalue weighted by molar-refractivity contribution is 7.89. The molecular weight excluding hydrogens is 398 g/mol. The number of aryl methyl sites for hydroxylation is 2. The minimum atomic E-state index is -3.69. The quantitative estimate of drug-likeness (QED) is 0.647. The van der Waals surface area contributed by atoms with Crippen molar-refractivity contribution in [3.05, 3.63) is 71.4 Å². The lowest BCUT2D eigenvalue weighted by atomic mass is 10.1. The molecule has 0 saturated carbocycles. The summed E-state index contributed by atoms with van der Waals surface area (Å²) in [5.41, 5.74) is 3.31. The first-order valence-electron chi connectivity index (χ1n) is 10.1. The largest absolute Gasteiger partial charge is 0.337 e. The van der Waals surface area contributed by atoms with Crippen molar-refractivity contribution in [1.82, 2.24) is 14.2 Å². The molecular formula is C23H25N3O3S. The molecule has 1 amide bonds. The predicted molar refractivity (Wildman–Crippen MR) is 117 cm³/mol. The summed E-state index contributed by atoms with van der Waals surface area (Å²) in [4.78, 5) is 19.3. The number of benzene rings is 2.